The van der Waals surface area contributed by atoms with E-state index in [-0.39, 0.29) is 0 Å². The van der Waals surface area contributed by atoms with Gasteiger partial charge in [0, 0.05) is 20.0 Å². The van der Waals surface area contributed by atoms with Crippen molar-refractivity contribution in [1.82, 2.24) is 9.55 Å². The minimum atomic E-state index is 0.637. The summed E-state index contributed by atoms with van der Waals surface area (Å²) in [6, 6.07) is 21.6. The van der Waals surface area contributed by atoms with Gasteiger partial charge >= 0.3 is 0 Å². The van der Waals surface area contributed by atoms with E-state index < -0.39 is 0 Å². The second-order valence-electron chi connectivity index (χ2n) is 6.08. The van der Waals surface area contributed by atoms with Crippen LogP contribution in [0.2, 0.25) is 15.1 Å². The lowest BCUT2D eigenvalue weighted by molar-refractivity contribution is 0.780. The van der Waals surface area contributed by atoms with Gasteiger partial charge in [-0.3, -0.25) is 0 Å². The molecule has 1 heterocycles. The molecular formula is C21H15Cl3N2S. The van der Waals surface area contributed by atoms with Crippen molar-refractivity contribution >= 4 is 57.6 Å². The van der Waals surface area contributed by atoms with Crippen molar-refractivity contribution in [1.29, 1.82) is 0 Å². The Labute approximate surface area is 177 Å². The fourth-order valence-electron chi connectivity index (χ4n) is 2.91. The smallest absolute Gasteiger partial charge is 0.120 e. The zero-order valence-corrected chi connectivity index (χ0v) is 17.3. The van der Waals surface area contributed by atoms with Gasteiger partial charge in [0.05, 0.1) is 23.3 Å². The molecular weight excluding hydrogens is 419 g/mol. The standard InChI is InChI=1S/C21H15Cl3N2S/c22-15-7-9-17(10-8-15)27-13-21-25-19-3-1-2-4-20(19)26(21)12-14-5-6-16(23)11-18(14)24/h1-11H,12-13H2. The highest BCUT2D eigenvalue weighted by atomic mass is 35.5. The van der Waals surface area contributed by atoms with Crippen LogP contribution in [0.25, 0.3) is 11.0 Å². The molecule has 0 aliphatic rings. The summed E-state index contributed by atoms with van der Waals surface area (Å²) in [7, 11) is 0. The number of aromatic nitrogens is 2. The summed E-state index contributed by atoms with van der Waals surface area (Å²) in [5.41, 5.74) is 3.09. The molecule has 4 aromatic rings. The molecule has 0 saturated carbocycles. The van der Waals surface area contributed by atoms with Crippen LogP contribution in [0.1, 0.15) is 11.4 Å². The maximum Gasteiger partial charge on any atom is 0.120 e. The Bertz CT molecular complexity index is 1090. The molecule has 6 heteroatoms. The third kappa shape index (κ3) is 4.27. The summed E-state index contributed by atoms with van der Waals surface area (Å²) < 4.78 is 2.22. The summed E-state index contributed by atoms with van der Waals surface area (Å²) in [6.45, 7) is 0.646. The molecule has 4 rings (SSSR count). The topological polar surface area (TPSA) is 17.8 Å². The van der Waals surface area contributed by atoms with Crippen LogP contribution in [0.5, 0.6) is 0 Å². The van der Waals surface area contributed by atoms with Gasteiger partial charge in [0.15, 0.2) is 0 Å². The molecule has 27 heavy (non-hydrogen) atoms. The minimum absolute atomic E-state index is 0.637. The Kier molecular flexibility index (Phi) is 5.65. The van der Waals surface area contributed by atoms with Gasteiger partial charge in [-0.1, -0.05) is 53.0 Å². The SMILES string of the molecule is Clc1ccc(SCc2nc3ccccc3n2Cc2ccc(Cl)cc2Cl)cc1. The molecule has 0 atom stereocenters. The average Bonchev–Trinajstić information content (AvgIpc) is 3.01. The maximum atomic E-state index is 6.40. The number of para-hydroxylation sites is 2. The van der Waals surface area contributed by atoms with Gasteiger partial charge in [-0.15, -0.1) is 11.8 Å². The van der Waals surface area contributed by atoms with Crippen LogP contribution < -0.4 is 0 Å². The minimum Gasteiger partial charge on any atom is -0.323 e. The number of thioether (sulfide) groups is 1. The first-order valence-electron chi connectivity index (χ1n) is 8.36. The number of rotatable bonds is 5. The summed E-state index contributed by atoms with van der Waals surface area (Å²) >= 11 is 20.1. The Hall–Kier alpha value is -1.65. The van der Waals surface area contributed by atoms with E-state index in [0.717, 1.165) is 38.1 Å². The molecule has 0 saturated heterocycles. The number of fused-ring (bicyclic) bond motifs is 1. The average molecular weight is 434 g/mol. The molecule has 0 radical (unpaired) electrons. The summed E-state index contributed by atoms with van der Waals surface area (Å²) in [4.78, 5) is 5.99. The van der Waals surface area contributed by atoms with E-state index in [1.165, 1.54) is 0 Å². The third-order valence-electron chi connectivity index (χ3n) is 4.26. The molecule has 0 unspecified atom stereocenters. The van der Waals surface area contributed by atoms with Gasteiger partial charge in [0.25, 0.3) is 0 Å². The van der Waals surface area contributed by atoms with E-state index in [9.17, 15) is 0 Å². The van der Waals surface area contributed by atoms with E-state index in [0.29, 0.717) is 16.6 Å². The second kappa shape index (κ2) is 8.15. The first kappa shape index (κ1) is 18.7. The second-order valence-corrected chi connectivity index (χ2v) is 8.41. The number of hydrogen-bond donors (Lipinski definition) is 0. The van der Waals surface area contributed by atoms with Crippen molar-refractivity contribution in [3.63, 3.8) is 0 Å². The quantitative estimate of drug-likeness (QED) is 0.306. The van der Waals surface area contributed by atoms with Gasteiger partial charge < -0.3 is 4.57 Å². The molecule has 0 aliphatic carbocycles. The molecule has 0 amide bonds. The molecule has 136 valence electrons. The molecule has 1 aromatic heterocycles. The predicted octanol–water partition coefficient (Wildman–Crippen LogP) is 7.34. The lowest BCUT2D eigenvalue weighted by Crippen LogP contribution is -2.05. The van der Waals surface area contributed by atoms with Crippen LogP contribution in [0.15, 0.2) is 71.6 Å². The van der Waals surface area contributed by atoms with Crippen molar-refractivity contribution in [2.24, 2.45) is 0 Å². The zero-order valence-electron chi connectivity index (χ0n) is 14.2. The van der Waals surface area contributed by atoms with Gasteiger partial charge in [-0.05, 0) is 54.1 Å². The van der Waals surface area contributed by atoms with Gasteiger partial charge in [0.2, 0.25) is 0 Å². The molecule has 0 N–H and O–H groups in total. The monoisotopic (exact) mass is 432 g/mol. The van der Waals surface area contributed by atoms with E-state index in [1.807, 2.05) is 54.6 Å². The van der Waals surface area contributed by atoms with Crippen LogP contribution in [-0.2, 0) is 12.3 Å². The Morgan fingerprint density at radius 3 is 2.37 bits per heavy atom. The molecule has 2 nitrogen and oxygen atoms in total. The zero-order chi connectivity index (χ0) is 18.8. The lowest BCUT2D eigenvalue weighted by atomic mass is 10.2. The first-order valence-corrected chi connectivity index (χ1v) is 10.5. The Balaban J connectivity index is 1.67. The molecule has 0 fully saturated rings. The molecule has 0 bridgehead atoms. The van der Waals surface area contributed by atoms with Crippen LogP contribution in [0.4, 0.5) is 0 Å². The van der Waals surface area contributed by atoms with Gasteiger partial charge in [-0.25, -0.2) is 4.98 Å². The highest BCUT2D eigenvalue weighted by Gasteiger charge is 2.13. The first-order chi connectivity index (χ1) is 13.1. The Morgan fingerprint density at radius 2 is 1.59 bits per heavy atom. The molecule has 0 aliphatic heterocycles. The fourth-order valence-corrected chi connectivity index (χ4v) is 4.35. The highest BCUT2D eigenvalue weighted by molar-refractivity contribution is 7.98. The van der Waals surface area contributed by atoms with Crippen LogP contribution >= 0.6 is 46.6 Å². The summed E-state index contributed by atoms with van der Waals surface area (Å²) in [5.74, 6) is 1.75. The van der Waals surface area contributed by atoms with E-state index in [1.54, 1.807) is 17.8 Å². The van der Waals surface area contributed by atoms with E-state index in [2.05, 4.69) is 10.6 Å². The maximum absolute atomic E-state index is 6.40. The van der Waals surface area contributed by atoms with E-state index >= 15 is 0 Å². The third-order valence-corrected chi connectivity index (χ3v) is 6.11. The molecule has 3 aromatic carbocycles. The lowest BCUT2D eigenvalue weighted by Gasteiger charge is -2.11. The number of halogens is 3. The number of hydrogen-bond acceptors (Lipinski definition) is 2. The largest absolute Gasteiger partial charge is 0.323 e. The normalized spacial score (nSPS) is 11.2. The van der Waals surface area contributed by atoms with Crippen molar-refractivity contribution in [3.8, 4) is 0 Å². The van der Waals surface area contributed by atoms with Crippen LogP contribution in [0.3, 0.4) is 0 Å². The number of imidazole rings is 1. The van der Waals surface area contributed by atoms with Crippen molar-refractivity contribution in [2.45, 2.75) is 17.2 Å². The van der Waals surface area contributed by atoms with Crippen LogP contribution in [0, 0.1) is 0 Å². The van der Waals surface area contributed by atoms with Crippen LogP contribution in [-0.4, -0.2) is 9.55 Å². The predicted molar refractivity (Wildman–Crippen MR) is 116 cm³/mol. The van der Waals surface area contributed by atoms with Gasteiger partial charge in [-0.2, -0.15) is 0 Å². The molecule has 0 spiro atoms. The summed E-state index contributed by atoms with van der Waals surface area (Å²) in [5, 5.41) is 2.04. The van der Waals surface area contributed by atoms with Crippen molar-refractivity contribution < 1.29 is 0 Å². The van der Waals surface area contributed by atoms with E-state index in [4.69, 9.17) is 39.8 Å². The van der Waals surface area contributed by atoms with Crippen molar-refractivity contribution in [3.05, 3.63) is 93.2 Å². The highest BCUT2D eigenvalue weighted by Crippen LogP contribution is 2.28. The number of benzene rings is 3. The Morgan fingerprint density at radius 1 is 0.852 bits per heavy atom. The van der Waals surface area contributed by atoms with Crippen molar-refractivity contribution in [2.75, 3.05) is 0 Å². The number of nitrogens with zero attached hydrogens (tertiary/aromatic N) is 2. The fraction of sp³-hybridized carbons (Fsp3) is 0.0952. The van der Waals surface area contributed by atoms with Gasteiger partial charge in [0.1, 0.15) is 5.82 Å². The summed E-state index contributed by atoms with van der Waals surface area (Å²) in [6.07, 6.45) is 0.